The summed E-state index contributed by atoms with van der Waals surface area (Å²) in [6.07, 6.45) is 0.930. The predicted molar refractivity (Wildman–Crippen MR) is 78.3 cm³/mol. The number of nitrogens with one attached hydrogen (secondary N) is 1. The van der Waals surface area contributed by atoms with Crippen LogP contribution in [0.25, 0.3) is 0 Å². The summed E-state index contributed by atoms with van der Waals surface area (Å²) in [7, 11) is 0. The highest BCUT2D eigenvalue weighted by atomic mass is 16.5. The fraction of sp³-hybridized carbons (Fsp3) is 0.533. The minimum absolute atomic E-state index is 0.0568. The Morgan fingerprint density at radius 1 is 1.32 bits per heavy atom. The summed E-state index contributed by atoms with van der Waals surface area (Å²) in [6, 6.07) is 6.89. The number of benzene rings is 1. The van der Waals surface area contributed by atoms with E-state index in [9.17, 15) is 4.79 Å². The zero-order valence-corrected chi connectivity index (χ0v) is 12.1. The first-order valence-electron chi connectivity index (χ1n) is 6.77. The molecule has 0 spiro atoms. The lowest BCUT2D eigenvalue weighted by Crippen LogP contribution is -2.40. The van der Waals surface area contributed by atoms with Crippen LogP contribution in [0, 0.1) is 5.92 Å². The number of para-hydroxylation sites is 2. The standard InChI is InChI=1S/C15H24N2O2/c1-5-11(4)14(16)15(18)17-12-8-6-7-9-13(12)19-10(2)3/h6-11,14H,5,16H2,1-4H3,(H,17,18)/t11?,14-/m0/s1. The zero-order chi connectivity index (χ0) is 14.4. The Kier molecular flexibility index (Phi) is 5.83. The highest BCUT2D eigenvalue weighted by molar-refractivity contribution is 5.96. The van der Waals surface area contributed by atoms with Crippen LogP contribution in [0.5, 0.6) is 5.75 Å². The lowest BCUT2D eigenvalue weighted by atomic mass is 9.99. The van der Waals surface area contributed by atoms with Gasteiger partial charge in [-0.05, 0) is 31.9 Å². The molecule has 3 N–H and O–H groups in total. The van der Waals surface area contributed by atoms with Gasteiger partial charge in [-0.25, -0.2) is 0 Å². The normalized spacial score (nSPS) is 14.0. The van der Waals surface area contributed by atoms with Crippen molar-refractivity contribution in [3.8, 4) is 5.75 Å². The third-order valence-electron chi connectivity index (χ3n) is 3.07. The molecule has 2 atom stereocenters. The van der Waals surface area contributed by atoms with Gasteiger partial charge in [0.15, 0.2) is 0 Å². The van der Waals surface area contributed by atoms with Gasteiger partial charge in [-0.1, -0.05) is 32.4 Å². The summed E-state index contributed by atoms with van der Waals surface area (Å²) < 4.78 is 5.66. The summed E-state index contributed by atoms with van der Waals surface area (Å²) in [4.78, 5) is 12.1. The van der Waals surface area contributed by atoms with Crippen molar-refractivity contribution in [3.05, 3.63) is 24.3 Å². The van der Waals surface area contributed by atoms with E-state index in [1.54, 1.807) is 0 Å². The largest absolute Gasteiger partial charge is 0.489 e. The molecule has 0 bridgehead atoms. The van der Waals surface area contributed by atoms with Gasteiger partial charge < -0.3 is 15.8 Å². The van der Waals surface area contributed by atoms with Gasteiger partial charge in [0.25, 0.3) is 0 Å². The number of carbonyl (C=O) groups excluding carboxylic acids is 1. The number of carbonyl (C=O) groups is 1. The number of ether oxygens (including phenoxy) is 1. The van der Waals surface area contributed by atoms with Crippen LogP contribution in [0.2, 0.25) is 0 Å². The summed E-state index contributed by atoms with van der Waals surface area (Å²) in [5, 5.41) is 2.84. The highest BCUT2D eigenvalue weighted by Crippen LogP contribution is 2.25. The summed E-state index contributed by atoms with van der Waals surface area (Å²) >= 11 is 0. The molecule has 1 rings (SSSR count). The molecule has 0 saturated carbocycles. The number of hydrogen-bond donors (Lipinski definition) is 2. The fourth-order valence-corrected chi connectivity index (χ4v) is 1.66. The Hall–Kier alpha value is -1.55. The highest BCUT2D eigenvalue weighted by Gasteiger charge is 2.20. The molecule has 4 heteroatoms. The molecule has 1 unspecified atom stereocenters. The summed E-state index contributed by atoms with van der Waals surface area (Å²) in [5.41, 5.74) is 6.58. The first-order valence-corrected chi connectivity index (χ1v) is 6.77. The molecular weight excluding hydrogens is 240 g/mol. The number of hydrogen-bond acceptors (Lipinski definition) is 3. The number of nitrogens with two attached hydrogens (primary N) is 1. The van der Waals surface area contributed by atoms with Gasteiger partial charge >= 0.3 is 0 Å². The van der Waals surface area contributed by atoms with Crippen molar-refractivity contribution in [2.24, 2.45) is 11.7 Å². The van der Waals surface area contributed by atoms with E-state index in [1.807, 2.05) is 52.0 Å². The molecule has 0 aliphatic carbocycles. The fourth-order valence-electron chi connectivity index (χ4n) is 1.66. The van der Waals surface area contributed by atoms with Gasteiger partial charge in [-0.3, -0.25) is 4.79 Å². The van der Waals surface area contributed by atoms with E-state index in [-0.39, 0.29) is 17.9 Å². The molecule has 106 valence electrons. The maximum Gasteiger partial charge on any atom is 0.241 e. The molecule has 0 aliphatic heterocycles. The van der Waals surface area contributed by atoms with Gasteiger partial charge in [-0.2, -0.15) is 0 Å². The van der Waals surface area contributed by atoms with Crippen molar-refractivity contribution in [2.75, 3.05) is 5.32 Å². The van der Waals surface area contributed by atoms with Gasteiger partial charge in [0.1, 0.15) is 5.75 Å². The molecule has 1 amide bonds. The quantitative estimate of drug-likeness (QED) is 0.830. The van der Waals surface area contributed by atoms with Crippen molar-refractivity contribution >= 4 is 11.6 Å². The second-order valence-corrected chi connectivity index (χ2v) is 5.06. The number of anilines is 1. The molecule has 1 aromatic carbocycles. The van der Waals surface area contributed by atoms with Crippen LogP contribution in [0.1, 0.15) is 34.1 Å². The van der Waals surface area contributed by atoms with E-state index in [0.29, 0.717) is 11.4 Å². The van der Waals surface area contributed by atoms with E-state index >= 15 is 0 Å². The van der Waals surface area contributed by atoms with Crippen molar-refractivity contribution in [3.63, 3.8) is 0 Å². The molecule has 0 radical (unpaired) electrons. The maximum atomic E-state index is 12.1. The van der Waals surface area contributed by atoms with Crippen LogP contribution in [0.4, 0.5) is 5.69 Å². The second-order valence-electron chi connectivity index (χ2n) is 5.06. The molecule has 0 saturated heterocycles. The minimum atomic E-state index is -0.503. The Bertz CT molecular complexity index is 418. The van der Waals surface area contributed by atoms with Crippen molar-refractivity contribution in [1.29, 1.82) is 0 Å². The average molecular weight is 264 g/mol. The van der Waals surface area contributed by atoms with Crippen LogP contribution in [0.3, 0.4) is 0 Å². The molecule has 1 aromatic rings. The Morgan fingerprint density at radius 3 is 2.53 bits per heavy atom. The predicted octanol–water partition coefficient (Wildman–Crippen LogP) is 2.79. The maximum absolute atomic E-state index is 12.1. The second kappa shape index (κ2) is 7.14. The zero-order valence-electron chi connectivity index (χ0n) is 12.1. The molecule has 0 aromatic heterocycles. The van der Waals surface area contributed by atoms with E-state index < -0.39 is 6.04 Å². The molecular formula is C15H24N2O2. The van der Waals surface area contributed by atoms with Crippen molar-refractivity contribution in [1.82, 2.24) is 0 Å². The molecule has 0 heterocycles. The Balaban J connectivity index is 2.79. The summed E-state index contributed by atoms with van der Waals surface area (Å²) in [5.74, 6) is 0.648. The van der Waals surface area contributed by atoms with E-state index in [2.05, 4.69) is 5.32 Å². The topological polar surface area (TPSA) is 64.4 Å². The third kappa shape index (κ3) is 4.56. The molecule has 19 heavy (non-hydrogen) atoms. The van der Waals surface area contributed by atoms with Crippen molar-refractivity contribution < 1.29 is 9.53 Å². The van der Waals surface area contributed by atoms with Gasteiger partial charge in [0, 0.05) is 0 Å². The van der Waals surface area contributed by atoms with Crippen molar-refractivity contribution in [2.45, 2.75) is 46.3 Å². The molecule has 0 aliphatic rings. The van der Waals surface area contributed by atoms with Crippen LogP contribution in [0.15, 0.2) is 24.3 Å². The van der Waals surface area contributed by atoms with E-state index in [0.717, 1.165) is 6.42 Å². The lowest BCUT2D eigenvalue weighted by molar-refractivity contribution is -0.118. The number of rotatable bonds is 6. The van der Waals surface area contributed by atoms with E-state index in [4.69, 9.17) is 10.5 Å². The van der Waals surface area contributed by atoms with Gasteiger partial charge in [0.05, 0.1) is 17.8 Å². The summed E-state index contributed by atoms with van der Waals surface area (Å²) in [6.45, 7) is 7.89. The Labute approximate surface area is 115 Å². The smallest absolute Gasteiger partial charge is 0.241 e. The van der Waals surface area contributed by atoms with Gasteiger partial charge in [0.2, 0.25) is 5.91 Å². The average Bonchev–Trinajstić information content (AvgIpc) is 2.38. The van der Waals surface area contributed by atoms with Crippen LogP contribution < -0.4 is 15.8 Å². The van der Waals surface area contributed by atoms with Crippen LogP contribution in [-0.2, 0) is 4.79 Å². The minimum Gasteiger partial charge on any atom is -0.489 e. The van der Waals surface area contributed by atoms with Crippen LogP contribution >= 0.6 is 0 Å². The lowest BCUT2D eigenvalue weighted by Gasteiger charge is -2.19. The SMILES string of the molecule is CCC(C)[C@H](N)C(=O)Nc1ccccc1OC(C)C. The third-order valence-corrected chi connectivity index (χ3v) is 3.07. The first-order chi connectivity index (χ1) is 8.95. The monoisotopic (exact) mass is 264 g/mol. The Morgan fingerprint density at radius 2 is 1.95 bits per heavy atom. The molecule has 4 nitrogen and oxygen atoms in total. The number of amides is 1. The van der Waals surface area contributed by atoms with Gasteiger partial charge in [-0.15, -0.1) is 0 Å². The van der Waals surface area contributed by atoms with Crippen LogP contribution in [-0.4, -0.2) is 18.1 Å². The first kappa shape index (κ1) is 15.5. The molecule has 0 fully saturated rings. The van der Waals surface area contributed by atoms with E-state index in [1.165, 1.54) is 0 Å².